The molecule has 0 radical (unpaired) electrons. The minimum absolute atomic E-state index is 0.0299. The van der Waals surface area contributed by atoms with Gasteiger partial charge in [-0.05, 0) is 18.6 Å². The zero-order valence-electron chi connectivity index (χ0n) is 21.5. The number of nitrogens with one attached hydrogen (secondary N) is 4. The van der Waals surface area contributed by atoms with Crippen LogP contribution in [0.25, 0.3) is 0 Å². The molecular weight excluding hydrogens is 532 g/mol. The third-order valence-electron chi connectivity index (χ3n) is 7.85. The van der Waals surface area contributed by atoms with Crippen LogP contribution >= 0.6 is 7.41 Å². The van der Waals surface area contributed by atoms with Gasteiger partial charge >= 0.3 is 151 Å². The molecule has 9 nitrogen and oxygen atoms in total. The Morgan fingerprint density at radius 2 is 2.05 bits per heavy atom. The Morgan fingerprint density at radius 3 is 2.69 bits per heavy atom. The molecule has 6 rings (SSSR count). The monoisotopic (exact) mass is 560 g/mol. The van der Waals surface area contributed by atoms with Gasteiger partial charge in [-0.1, -0.05) is 12.1 Å². The molecule has 1 spiro atoms. The van der Waals surface area contributed by atoms with Crippen LogP contribution in [0.15, 0.2) is 42.6 Å². The summed E-state index contributed by atoms with van der Waals surface area (Å²) < 4.78 is 53.6. The van der Waals surface area contributed by atoms with E-state index in [9.17, 15) is 18.0 Å². The van der Waals surface area contributed by atoms with Gasteiger partial charge in [0.05, 0.1) is 5.56 Å². The number of anilines is 4. The predicted octanol–water partition coefficient (Wildman–Crippen LogP) is 5.14. The molecule has 0 aliphatic carbocycles. The van der Waals surface area contributed by atoms with Gasteiger partial charge in [-0.15, -0.1) is 0 Å². The summed E-state index contributed by atoms with van der Waals surface area (Å²) in [6.07, 6.45) is -0.666. The van der Waals surface area contributed by atoms with Gasteiger partial charge in [-0.25, -0.2) is 0 Å². The molecule has 13 heteroatoms. The molecule has 2 aromatic carbocycles. The molecule has 3 aliphatic heterocycles. The van der Waals surface area contributed by atoms with Crippen molar-refractivity contribution in [3.05, 3.63) is 59.3 Å². The Kier molecular flexibility index (Phi) is 5.89. The van der Waals surface area contributed by atoms with E-state index < -0.39 is 30.9 Å². The number of ether oxygens (including phenoxy) is 2. The quantitative estimate of drug-likeness (QED) is 0.221. The summed E-state index contributed by atoms with van der Waals surface area (Å²) in [6.45, 7) is 1.69. The first kappa shape index (κ1) is 25.6. The van der Waals surface area contributed by atoms with Gasteiger partial charge in [-0.3, -0.25) is 4.79 Å². The number of hydrogen-bond donors (Lipinski definition) is 4. The van der Waals surface area contributed by atoms with Crippen molar-refractivity contribution >= 4 is 36.5 Å². The fourth-order valence-electron chi connectivity index (χ4n) is 5.69. The molecule has 1 amide bonds. The number of halogens is 3. The van der Waals surface area contributed by atoms with E-state index >= 15 is 0 Å². The van der Waals surface area contributed by atoms with Crippen LogP contribution in [0.2, 0.25) is 0 Å². The number of rotatable bonds is 8. The molecule has 3 aliphatic rings. The maximum atomic E-state index is 13.9. The number of carbonyl (C=O) groups excluding carboxylic acids is 1. The molecule has 2 atom stereocenters. The second kappa shape index (κ2) is 8.96. The van der Waals surface area contributed by atoms with E-state index in [1.165, 1.54) is 20.2 Å². The molecule has 3 fully saturated rings. The maximum absolute atomic E-state index is 13.9. The van der Waals surface area contributed by atoms with Crippen LogP contribution in [-0.4, -0.2) is 47.3 Å². The number of aryl methyl sites for hydroxylation is 1. The van der Waals surface area contributed by atoms with Crippen molar-refractivity contribution in [3.8, 4) is 11.5 Å². The first-order valence-electron chi connectivity index (χ1n) is 12.5. The Morgan fingerprint density at radius 1 is 1.23 bits per heavy atom. The van der Waals surface area contributed by atoms with E-state index in [-0.39, 0.29) is 22.5 Å². The molecule has 2 unspecified atom stereocenters. The Hall–Kier alpha value is -3.63. The zero-order chi connectivity index (χ0) is 27.6. The van der Waals surface area contributed by atoms with Gasteiger partial charge in [-0.2, -0.15) is 13.2 Å². The topological polar surface area (TPSA) is 119 Å². The van der Waals surface area contributed by atoms with Crippen molar-refractivity contribution in [1.82, 2.24) is 20.4 Å². The van der Waals surface area contributed by atoms with Gasteiger partial charge in [0.15, 0.2) is 0 Å². The van der Waals surface area contributed by atoms with Crippen LogP contribution < -0.4 is 30.5 Å². The normalized spacial score (nSPS) is 22.7. The smallest absolute Gasteiger partial charge is 0.166 e. The molecule has 3 aromatic rings. The van der Waals surface area contributed by atoms with Gasteiger partial charge in [0, 0.05) is 7.05 Å². The van der Waals surface area contributed by atoms with Gasteiger partial charge in [0.25, 0.3) is 5.91 Å². The second-order valence-electron chi connectivity index (χ2n) is 10.1. The first-order chi connectivity index (χ1) is 18.6. The molecule has 0 saturated carbocycles. The second-order valence-corrected chi connectivity index (χ2v) is 14.3. The summed E-state index contributed by atoms with van der Waals surface area (Å²) in [5, 5.41) is 11.8. The molecule has 39 heavy (non-hydrogen) atoms. The number of carbonyl (C=O) groups is 1. The minimum Gasteiger partial charge on any atom is -0.166 e. The molecule has 1 aromatic heterocycles. The van der Waals surface area contributed by atoms with Crippen LogP contribution in [0.1, 0.15) is 34.3 Å². The Balaban J connectivity index is 1.29. The van der Waals surface area contributed by atoms with Crippen molar-refractivity contribution in [2.24, 2.45) is 0 Å². The summed E-state index contributed by atoms with van der Waals surface area (Å²) >= 11 is 0. The molecule has 4 heterocycles. The molecule has 4 N–H and O–H groups in total. The minimum atomic E-state index is -4.73. The molecular formula is C26H28F3N6O3P. The van der Waals surface area contributed by atoms with Crippen molar-refractivity contribution < 1.29 is 27.4 Å². The average Bonchev–Trinajstić information content (AvgIpc) is 3.77. The molecule has 3 saturated heterocycles. The third kappa shape index (κ3) is 4.31. The number of alkyl halides is 3. The van der Waals surface area contributed by atoms with Crippen molar-refractivity contribution in [2.75, 3.05) is 31.0 Å². The first-order valence-corrected chi connectivity index (χ1v) is 14.8. The summed E-state index contributed by atoms with van der Waals surface area (Å²) in [4.78, 5) is 20.4. The van der Waals surface area contributed by atoms with Gasteiger partial charge in [0.2, 0.25) is 0 Å². The number of aromatic nitrogens is 2. The van der Waals surface area contributed by atoms with Crippen LogP contribution in [0.5, 0.6) is 11.5 Å². The number of methoxy groups -OCH3 is 1. The van der Waals surface area contributed by atoms with E-state index in [4.69, 9.17) is 9.47 Å². The number of para-hydroxylation sites is 1. The Labute approximate surface area is 223 Å². The van der Waals surface area contributed by atoms with E-state index in [0.29, 0.717) is 34.7 Å². The SMILES string of the molecule is CNC(=O)c1cccc(C)c1Nc1nc(Nc2ccc(OC34CCC5N[PH]53C4)cc2OC)ncc1C(F)(F)F. The number of amides is 1. The summed E-state index contributed by atoms with van der Waals surface area (Å²) in [7, 11) is 1.56. The predicted molar refractivity (Wildman–Crippen MR) is 144 cm³/mol. The van der Waals surface area contributed by atoms with E-state index in [1.807, 2.05) is 6.07 Å². The molecule has 0 bridgehead atoms. The Bertz CT molecular complexity index is 1480. The summed E-state index contributed by atoms with van der Waals surface area (Å²) in [6, 6.07) is 10.2. The van der Waals surface area contributed by atoms with Gasteiger partial charge < -0.3 is 5.32 Å². The van der Waals surface area contributed by atoms with Crippen molar-refractivity contribution in [3.63, 3.8) is 0 Å². The number of hydrogen-bond acceptors (Lipinski definition) is 8. The average molecular weight is 561 g/mol. The number of benzene rings is 2. The zero-order valence-corrected chi connectivity index (χ0v) is 22.5. The third-order valence-corrected chi connectivity index (χ3v) is 12.9. The fraction of sp³-hybridized carbons (Fsp3) is 0.346. The van der Waals surface area contributed by atoms with Crippen molar-refractivity contribution in [1.29, 1.82) is 0 Å². The standard InChI is InChI=1S/C26H28F3N6O3P/c1-14-5-4-6-16(23(36)30-2)21(14)33-22-17(26(27,28)29)12-31-24(34-22)32-18-8-7-15(11-19(18)37-3)38-25-10-9-20-35-39(20,25)13-25/h4-8,11-12,20,35,39H,9-10,13H2,1-3H3,(H,30,36)(H2,31,32,33,34). The van der Waals surface area contributed by atoms with Crippen LogP contribution in [0, 0.1) is 6.92 Å². The summed E-state index contributed by atoms with van der Waals surface area (Å²) in [5.41, 5.74) is 0.369. The van der Waals surface area contributed by atoms with Crippen LogP contribution in [0.4, 0.5) is 36.3 Å². The van der Waals surface area contributed by atoms with Crippen LogP contribution in [0.3, 0.4) is 0 Å². The molecule has 206 valence electrons. The summed E-state index contributed by atoms with van der Waals surface area (Å²) in [5.74, 6) is 0.798. The van der Waals surface area contributed by atoms with Crippen molar-refractivity contribution in [2.45, 2.75) is 37.1 Å². The van der Waals surface area contributed by atoms with Gasteiger partial charge in [0.1, 0.15) is 0 Å². The van der Waals surface area contributed by atoms with E-state index in [2.05, 4.69) is 31.0 Å². The number of nitrogens with zero attached hydrogens (tertiary/aromatic N) is 2. The van der Waals surface area contributed by atoms with E-state index in [1.54, 1.807) is 31.2 Å². The van der Waals surface area contributed by atoms with E-state index in [0.717, 1.165) is 19.0 Å². The van der Waals surface area contributed by atoms with Crippen LogP contribution in [-0.2, 0) is 6.18 Å². The fourth-order valence-corrected chi connectivity index (χ4v) is 11.3.